The molecule has 0 aliphatic heterocycles. The molecule has 0 heterocycles. The zero-order chi connectivity index (χ0) is 7.98. The molecular weight excluding hydrogens is 122 g/mol. The Kier molecular flexibility index (Phi) is 5.70. The molecule has 2 unspecified atom stereocenters. The molecule has 10 heavy (non-hydrogen) atoms. The summed E-state index contributed by atoms with van der Waals surface area (Å²) >= 11 is 0. The molecule has 1 nitrogen and oxygen atoms in total. The lowest BCUT2D eigenvalue weighted by Gasteiger charge is -2.16. The van der Waals surface area contributed by atoms with Crippen LogP contribution in [0.25, 0.3) is 0 Å². The maximum absolute atomic E-state index is 5.54. The summed E-state index contributed by atoms with van der Waals surface area (Å²) in [6, 6.07) is 0. The molecule has 0 bridgehead atoms. The van der Waals surface area contributed by atoms with Gasteiger partial charge < -0.3 is 5.73 Å². The van der Waals surface area contributed by atoms with Gasteiger partial charge in [-0.15, -0.1) is 0 Å². The SMILES string of the molecule is CCCCC(C)C(C)CN. The molecule has 0 saturated carbocycles. The van der Waals surface area contributed by atoms with Gasteiger partial charge >= 0.3 is 0 Å². The minimum atomic E-state index is 0.701. The van der Waals surface area contributed by atoms with Gasteiger partial charge in [-0.1, -0.05) is 40.0 Å². The molecule has 0 aliphatic carbocycles. The zero-order valence-corrected chi connectivity index (χ0v) is 7.56. The van der Waals surface area contributed by atoms with E-state index >= 15 is 0 Å². The van der Waals surface area contributed by atoms with Gasteiger partial charge in [0.25, 0.3) is 0 Å². The van der Waals surface area contributed by atoms with Crippen LogP contribution in [0.1, 0.15) is 40.0 Å². The monoisotopic (exact) mass is 143 g/mol. The van der Waals surface area contributed by atoms with E-state index in [9.17, 15) is 0 Å². The van der Waals surface area contributed by atoms with E-state index in [0.29, 0.717) is 5.92 Å². The first kappa shape index (κ1) is 9.96. The molecule has 2 atom stereocenters. The van der Waals surface area contributed by atoms with Crippen LogP contribution in [0, 0.1) is 11.8 Å². The summed E-state index contributed by atoms with van der Waals surface area (Å²) in [5.41, 5.74) is 5.54. The summed E-state index contributed by atoms with van der Waals surface area (Å²) in [5, 5.41) is 0. The normalized spacial score (nSPS) is 16.8. The average molecular weight is 143 g/mol. The Bertz CT molecular complexity index is 71.1. The van der Waals surface area contributed by atoms with Crippen molar-refractivity contribution in [1.82, 2.24) is 0 Å². The number of hydrogen-bond donors (Lipinski definition) is 1. The van der Waals surface area contributed by atoms with Crippen LogP contribution in [0.4, 0.5) is 0 Å². The number of unbranched alkanes of at least 4 members (excludes halogenated alkanes) is 1. The molecule has 62 valence electrons. The molecule has 0 radical (unpaired) electrons. The van der Waals surface area contributed by atoms with Gasteiger partial charge in [0.05, 0.1) is 0 Å². The molecule has 0 amide bonds. The number of rotatable bonds is 5. The van der Waals surface area contributed by atoms with Crippen molar-refractivity contribution in [1.29, 1.82) is 0 Å². The fourth-order valence-electron chi connectivity index (χ4n) is 1.04. The molecule has 2 N–H and O–H groups in total. The van der Waals surface area contributed by atoms with Gasteiger partial charge in [0.15, 0.2) is 0 Å². The highest BCUT2D eigenvalue weighted by molar-refractivity contribution is 4.61. The van der Waals surface area contributed by atoms with Gasteiger partial charge in [-0.25, -0.2) is 0 Å². The highest BCUT2D eigenvalue weighted by Crippen LogP contribution is 2.16. The minimum Gasteiger partial charge on any atom is -0.330 e. The summed E-state index contributed by atoms with van der Waals surface area (Å²) in [4.78, 5) is 0. The van der Waals surface area contributed by atoms with Gasteiger partial charge in [-0.2, -0.15) is 0 Å². The van der Waals surface area contributed by atoms with Crippen molar-refractivity contribution in [2.45, 2.75) is 40.0 Å². The lowest BCUT2D eigenvalue weighted by atomic mass is 9.91. The Morgan fingerprint density at radius 2 is 1.80 bits per heavy atom. The van der Waals surface area contributed by atoms with Crippen molar-refractivity contribution in [3.63, 3.8) is 0 Å². The van der Waals surface area contributed by atoms with E-state index in [2.05, 4.69) is 20.8 Å². The number of nitrogens with two attached hydrogens (primary N) is 1. The summed E-state index contributed by atoms with van der Waals surface area (Å²) in [6.07, 6.45) is 4.00. The Labute approximate surface area is 65.0 Å². The average Bonchev–Trinajstić information content (AvgIpc) is 1.98. The fourth-order valence-corrected chi connectivity index (χ4v) is 1.04. The van der Waals surface area contributed by atoms with Crippen molar-refractivity contribution in [3.8, 4) is 0 Å². The third-order valence-corrected chi connectivity index (χ3v) is 2.36. The molecule has 0 aromatic heterocycles. The lowest BCUT2D eigenvalue weighted by molar-refractivity contribution is 0.362. The van der Waals surface area contributed by atoms with Gasteiger partial charge in [0.2, 0.25) is 0 Å². The van der Waals surface area contributed by atoms with Crippen LogP contribution in [0.2, 0.25) is 0 Å². The van der Waals surface area contributed by atoms with Gasteiger partial charge in [0, 0.05) is 0 Å². The Morgan fingerprint density at radius 3 is 2.20 bits per heavy atom. The topological polar surface area (TPSA) is 26.0 Å². The van der Waals surface area contributed by atoms with Crippen LogP contribution in [0.5, 0.6) is 0 Å². The number of hydrogen-bond acceptors (Lipinski definition) is 1. The Morgan fingerprint density at radius 1 is 1.20 bits per heavy atom. The quantitative estimate of drug-likeness (QED) is 0.628. The van der Waals surface area contributed by atoms with Crippen LogP contribution >= 0.6 is 0 Å². The van der Waals surface area contributed by atoms with Gasteiger partial charge in [-0.3, -0.25) is 0 Å². The third kappa shape index (κ3) is 3.89. The summed E-state index contributed by atoms with van der Waals surface area (Å²) < 4.78 is 0. The van der Waals surface area contributed by atoms with Gasteiger partial charge in [-0.05, 0) is 18.4 Å². The van der Waals surface area contributed by atoms with E-state index in [1.807, 2.05) is 0 Å². The van der Waals surface area contributed by atoms with E-state index in [1.165, 1.54) is 19.3 Å². The summed E-state index contributed by atoms with van der Waals surface area (Å²) in [5.74, 6) is 1.51. The van der Waals surface area contributed by atoms with Crippen molar-refractivity contribution in [3.05, 3.63) is 0 Å². The molecule has 0 rings (SSSR count). The second-order valence-electron chi connectivity index (χ2n) is 3.33. The van der Waals surface area contributed by atoms with Crippen LogP contribution in [0.3, 0.4) is 0 Å². The highest BCUT2D eigenvalue weighted by atomic mass is 14.5. The van der Waals surface area contributed by atoms with Crippen molar-refractivity contribution in [2.24, 2.45) is 17.6 Å². The highest BCUT2D eigenvalue weighted by Gasteiger charge is 2.08. The molecule has 0 saturated heterocycles. The maximum Gasteiger partial charge on any atom is -0.00490 e. The molecule has 0 aliphatic rings. The van der Waals surface area contributed by atoms with Crippen LogP contribution in [-0.4, -0.2) is 6.54 Å². The van der Waals surface area contributed by atoms with Crippen LogP contribution in [-0.2, 0) is 0 Å². The molecular formula is C9H21N. The van der Waals surface area contributed by atoms with E-state index in [1.54, 1.807) is 0 Å². The third-order valence-electron chi connectivity index (χ3n) is 2.36. The molecule has 0 fully saturated rings. The first-order valence-corrected chi connectivity index (χ1v) is 4.42. The summed E-state index contributed by atoms with van der Waals surface area (Å²) in [7, 11) is 0. The Hall–Kier alpha value is -0.0400. The second kappa shape index (κ2) is 5.72. The zero-order valence-electron chi connectivity index (χ0n) is 7.56. The van der Waals surface area contributed by atoms with E-state index in [4.69, 9.17) is 5.73 Å². The first-order valence-electron chi connectivity index (χ1n) is 4.42. The predicted molar refractivity (Wildman–Crippen MR) is 46.9 cm³/mol. The first-order chi connectivity index (χ1) is 4.72. The van der Waals surface area contributed by atoms with E-state index in [0.717, 1.165) is 12.5 Å². The summed E-state index contributed by atoms with van der Waals surface area (Å²) in [6.45, 7) is 7.61. The van der Waals surface area contributed by atoms with Crippen molar-refractivity contribution < 1.29 is 0 Å². The van der Waals surface area contributed by atoms with Crippen LogP contribution in [0.15, 0.2) is 0 Å². The molecule has 0 aromatic carbocycles. The molecule has 0 spiro atoms. The van der Waals surface area contributed by atoms with Crippen molar-refractivity contribution >= 4 is 0 Å². The minimum absolute atomic E-state index is 0.701. The van der Waals surface area contributed by atoms with Gasteiger partial charge in [0.1, 0.15) is 0 Å². The molecule has 1 heteroatoms. The smallest absolute Gasteiger partial charge is 0.00490 e. The van der Waals surface area contributed by atoms with E-state index < -0.39 is 0 Å². The standard InChI is InChI=1S/C9H21N/c1-4-5-6-8(2)9(3)7-10/h8-9H,4-7,10H2,1-3H3. The van der Waals surface area contributed by atoms with Crippen molar-refractivity contribution in [2.75, 3.05) is 6.54 Å². The van der Waals surface area contributed by atoms with Crippen LogP contribution < -0.4 is 5.73 Å². The molecule has 0 aromatic rings. The van der Waals surface area contributed by atoms with E-state index in [-0.39, 0.29) is 0 Å². The maximum atomic E-state index is 5.54. The lowest BCUT2D eigenvalue weighted by Crippen LogP contribution is -2.18. The predicted octanol–water partition coefficient (Wildman–Crippen LogP) is 2.41. The Balaban J connectivity index is 3.31. The second-order valence-corrected chi connectivity index (χ2v) is 3.33. The largest absolute Gasteiger partial charge is 0.330 e. The fraction of sp³-hybridized carbons (Fsp3) is 1.00.